The molecule has 1 N–H and O–H groups in total. The molecule has 142 valence electrons. The molecule has 2 aromatic rings. The van der Waals surface area contributed by atoms with E-state index in [0.29, 0.717) is 17.0 Å². The summed E-state index contributed by atoms with van der Waals surface area (Å²) in [6.45, 7) is 3.48. The van der Waals surface area contributed by atoms with Crippen LogP contribution in [0.4, 0.5) is 5.69 Å². The van der Waals surface area contributed by atoms with Crippen molar-refractivity contribution in [1.82, 2.24) is 0 Å². The summed E-state index contributed by atoms with van der Waals surface area (Å²) < 4.78 is 10.1. The third-order valence-electron chi connectivity index (χ3n) is 4.13. The lowest BCUT2D eigenvalue weighted by atomic mass is 10.0. The second-order valence-electron chi connectivity index (χ2n) is 6.13. The summed E-state index contributed by atoms with van der Waals surface area (Å²) in [7, 11) is 1.50. The summed E-state index contributed by atoms with van der Waals surface area (Å²) in [6, 6.07) is 12.4. The van der Waals surface area contributed by atoms with Crippen molar-refractivity contribution in [2.45, 2.75) is 26.7 Å². The normalized spacial score (nSPS) is 10.2. The molecule has 1 amide bonds. The van der Waals surface area contributed by atoms with Gasteiger partial charge in [-0.15, -0.1) is 0 Å². The molecule has 2 rings (SSSR count). The maximum Gasteiger partial charge on any atom is 0.306 e. The SMILES string of the molecule is COc1ccccc1NC(=O)COC(=O)CCC(=O)c1ccc(C)c(C)c1. The minimum Gasteiger partial charge on any atom is -0.495 e. The highest BCUT2D eigenvalue weighted by Crippen LogP contribution is 2.22. The van der Waals surface area contributed by atoms with Gasteiger partial charge in [-0.1, -0.05) is 24.3 Å². The van der Waals surface area contributed by atoms with Gasteiger partial charge in [0.25, 0.3) is 5.91 Å². The van der Waals surface area contributed by atoms with Gasteiger partial charge in [-0.05, 0) is 43.2 Å². The molecule has 6 nitrogen and oxygen atoms in total. The van der Waals surface area contributed by atoms with Crippen molar-refractivity contribution in [3.05, 3.63) is 59.2 Å². The Morgan fingerprint density at radius 3 is 2.41 bits per heavy atom. The highest BCUT2D eigenvalue weighted by molar-refractivity contribution is 5.98. The van der Waals surface area contributed by atoms with Crippen LogP contribution < -0.4 is 10.1 Å². The van der Waals surface area contributed by atoms with Crippen LogP contribution in [0, 0.1) is 13.8 Å². The molecule has 0 atom stereocenters. The largest absolute Gasteiger partial charge is 0.495 e. The quantitative estimate of drug-likeness (QED) is 0.569. The first kappa shape index (κ1) is 20.2. The van der Waals surface area contributed by atoms with E-state index in [4.69, 9.17) is 9.47 Å². The summed E-state index contributed by atoms with van der Waals surface area (Å²) in [5.41, 5.74) is 3.19. The molecule has 2 aromatic carbocycles. The Hall–Kier alpha value is -3.15. The Balaban J connectivity index is 1.77. The van der Waals surface area contributed by atoms with Crippen molar-refractivity contribution in [3.8, 4) is 5.75 Å². The van der Waals surface area contributed by atoms with Crippen LogP contribution in [0.5, 0.6) is 5.75 Å². The number of aryl methyl sites for hydroxylation is 2. The highest BCUT2D eigenvalue weighted by atomic mass is 16.5. The van der Waals surface area contributed by atoms with Crippen molar-refractivity contribution < 1.29 is 23.9 Å². The molecule has 0 aliphatic carbocycles. The molecule has 0 aliphatic rings. The number of carbonyl (C=O) groups is 3. The van der Waals surface area contributed by atoms with Crippen LogP contribution in [0.1, 0.15) is 34.3 Å². The van der Waals surface area contributed by atoms with Crippen LogP contribution >= 0.6 is 0 Å². The number of nitrogens with one attached hydrogen (secondary N) is 1. The summed E-state index contributed by atoms with van der Waals surface area (Å²) in [4.78, 5) is 35.9. The Kier molecular flexibility index (Phi) is 7.11. The van der Waals surface area contributed by atoms with Crippen molar-refractivity contribution in [1.29, 1.82) is 0 Å². The number of rotatable bonds is 8. The van der Waals surface area contributed by atoms with E-state index in [1.54, 1.807) is 30.3 Å². The number of para-hydroxylation sites is 2. The van der Waals surface area contributed by atoms with Gasteiger partial charge in [0.2, 0.25) is 0 Å². The van der Waals surface area contributed by atoms with Gasteiger partial charge in [-0.25, -0.2) is 0 Å². The van der Waals surface area contributed by atoms with Gasteiger partial charge in [-0.2, -0.15) is 0 Å². The summed E-state index contributed by atoms with van der Waals surface area (Å²) in [5.74, 6) is -0.694. The number of hydrogen-bond acceptors (Lipinski definition) is 5. The first-order chi connectivity index (χ1) is 12.9. The molecule has 0 radical (unpaired) electrons. The van der Waals surface area contributed by atoms with Gasteiger partial charge in [0.15, 0.2) is 12.4 Å². The van der Waals surface area contributed by atoms with Gasteiger partial charge in [0.05, 0.1) is 19.2 Å². The molecule has 0 bridgehead atoms. The maximum atomic E-state index is 12.2. The zero-order chi connectivity index (χ0) is 19.8. The lowest BCUT2D eigenvalue weighted by Crippen LogP contribution is -2.21. The number of carbonyl (C=O) groups excluding carboxylic acids is 3. The smallest absolute Gasteiger partial charge is 0.306 e. The average molecular weight is 369 g/mol. The molecule has 0 unspecified atom stereocenters. The second kappa shape index (κ2) is 9.52. The first-order valence-electron chi connectivity index (χ1n) is 8.59. The number of hydrogen-bond donors (Lipinski definition) is 1. The third kappa shape index (κ3) is 5.95. The molecule has 6 heteroatoms. The standard InChI is InChI=1S/C21H23NO5/c1-14-8-9-16(12-15(14)2)18(23)10-11-21(25)27-13-20(24)22-17-6-4-5-7-19(17)26-3/h4-9,12H,10-11,13H2,1-3H3,(H,22,24). The summed E-state index contributed by atoms with van der Waals surface area (Å²) in [5, 5.41) is 2.61. The van der Waals surface area contributed by atoms with Gasteiger partial charge in [0, 0.05) is 12.0 Å². The average Bonchev–Trinajstić information content (AvgIpc) is 2.67. The molecule has 0 spiro atoms. The molecule has 0 aliphatic heterocycles. The fraction of sp³-hybridized carbons (Fsp3) is 0.286. The maximum absolute atomic E-state index is 12.2. The molecule has 0 aromatic heterocycles. The van der Waals surface area contributed by atoms with Crippen molar-refractivity contribution in [2.24, 2.45) is 0 Å². The number of benzene rings is 2. The Morgan fingerprint density at radius 2 is 1.70 bits per heavy atom. The molecule has 0 heterocycles. The number of ether oxygens (including phenoxy) is 2. The Morgan fingerprint density at radius 1 is 0.963 bits per heavy atom. The lowest BCUT2D eigenvalue weighted by Gasteiger charge is -2.10. The molecule has 0 saturated carbocycles. The van der Waals surface area contributed by atoms with Crippen molar-refractivity contribution in [3.63, 3.8) is 0 Å². The monoisotopic (exact) mass is 369 g/mol. The van der Waals surface area contributed by atoms with Crippen LogP contribution in [0.15, 0.2) is 42.5 Å². The number of Topliss-reactive ketones (excluding diaryl/α,β-unsaturated/α-hetero) is 1. The number of anilines is 1. The second-order valence-corrected chi connectivity index (χ2v) is 6.13. The highest BCUT2D eigenvalue weighted by Gasteiger charge is 2.13. The fourth-order valence-corrected chi connectivity index (χ4v) is 2.43. The van der Waals surface area contributed by atoms with E-state index >= 15 is 0 Å². The molecule has 27 heavy (non-hydrogen) atoms. The zero-order valence-electron chi connectivity index (χ0n) is 15.7. The van der Waals surface area contributed by atoms with Crippen LogP contribution in [0.3, 0.4) is 0 Å². The van der Waals surface area contributed by atoms with E-state index in [-0.39, 0.29) is 18.6 Å². The van der Waals surface area contributed by atoms with E-state index in [2.05, 4.69) is 5.32 Å². The number of esters is 1. The van der Waals surface area contributed by atoms with E-state index in [1.165, 1.54) is 7.11 Å². The fourth-order valence-electron chi connectivity index (χ4n) is 2.43. The van der Waals surface area contributed by atoms with Gasteiger partial charge < -0.3 is 14.8 Å². The lowest BCUT2D eigenvalue weighted by molar-refractivity contribution is -0.147. The van der Waals surface area contributed by atoms with E-state index in [0.717, 1.165) is 11.1 Å². The van der Waals surface area contributed by atoms with Gasteiger partial charge in [0.1, 0.15) is 5.75 Å². The predicted octanol–water partition coefficient (Wildman–Crippen LogP) is 3.46. The summed E-state index contributed by atoms with van der Waals surface area (Å²) in [6.07, 6.45) is -0.0385. The summed E-state index contributed by atoms with van der Waals surface area (Å²) >= 11 is 0. The van der Waals surface area contributed by atoms with E-state index in [9.17, 15) is 14.4 Å². The van der Waals surface area contributed by atoms with Gasteiger partial charge >= 0.3 is 5.97 Å². The van der Waals surface area contributed by atoms with Crippen molar-refractivity contribution >= 4 is 23.3 Å². The molecular weight excluding hydrogens is 346 g/mol. The first-order valence-corrected chi connectivity index (χ1v) is 8.59. The number of ketones is 1. The van der Waals surface area contributed by atoms with Crippen molar-refractivity contribution in [2.75, 3.05) is 19.0 Å². The number of methoxy groups -OCH3 is 1. The van der Waals surface area contributed by atoms with Gasteiger partial charge in [-0.3, -0.25) is 14.4 Å². The van der Waals surface area contributed by atoms with Crippen LogP contribution in [0.25, 0.3) is 0 Å². The Labute approximate surface area is 158 Å². The zero-order valence-corrected chi connectivity index (χ0v) is 15.7. The molecule has 0 fully saturated rings. The van der Waals surface area contributed by atoms with E-state index in [1.807, 2.05) is 26.0 Å². The van der Waals surface area contributed by atoms with Crippen LogP contribution in [-0.2, 0) is 14.3 Å². The van der Waals surface area contributed by atoms with E-state index < -0.39 is 18.5 Å². The third-order valence-corrected chi connectivity index (χ3v) is 4.13. The minimum absolute atomic E-state index is 0.0372. The molecular formula is C21H23NO5. The molecule has 0 saturated heterocycles. The number of amides is 1. The van der Waals surface area contributed by atoms with Crippen LogP contribution in [0.2, 0.25) is 0 Å². The Bertz CT molecular complexity index is 844. The minimum atomic E-state index is -0.595. The predicted molar refractivity (Wildman–Crippen MR) is 102 cm³/mol. The van der Waals surface area contributed by atoms with Crippen LogP contribution in [-0.4, -0.2) is 31.4 Å². The topological polar surface area (TPSA) is 81.7 Å².